The van der Waals surface area contributed by atoms with Crippen LogP contribution in [0.2, 0.25) is 0 Å². The Bertz CT molecular complexity index is 1180. The van der Waals surface area contributed by atoms with Crippen LogP contribution < -0.4 is 15.1 Å². The Balaban J connectivity index is 1.30. The van der Waals surface area contributed by atoms with Gasteiger partial charge in [-0.1, -0.05) is 13.0 Å². The van der Waals surface area contributed by atoms with E-state index in [0.29, 0.717) is 11.5 Å². The number of benzene rings is 2. The first-order valence-corrected chi connectivity index (χ1v) is 12.3. The molecule has 1 N–H and O–H groups in total. The monoisotopic (exact) mass is 469 g/mol. The first-order valence-electron chi connectivity index (χ1n) is 12.3. The fourth-order valence-corrected chi connectivity index (χ4v) is 4.65. The van der Waals surface area contributed by atoms with Crippen molar-refractivity contribution >= 4 is 23.0 Å². The normalized spacial score (nSPS) is 16.7. The number of piperazine rings is 1. The van der Waals surface area contributed by atoms with E-state index in [0.717, 1.165) is 81.7 Å². The fraction of sp³-hybridized carbons (Fsp3) is 0.370. The third-order valence-corrected chi connectivity index (χ3v) is 6.73. The van der Waals surface area contributed by atoms with E-state index in [1.165, 1.54) is 5.69 Å². The molecule has 180 valence electrons. The second-order valence-corrected chi connectivity index (χ2v) is 8.80. The van der Waals surface area contributed by atoms with Gasteiger partial charge < -0.3 is 24.8 Å². The van der Waals surface area contributed by atoms with Crippen molar-refractivity contribution in [3.8, 4) is 17.3 Å². The van der Waals surface area contributed by atoms with Gasteiger partial charge in [0.2, 0.25) is 5.95 Å². The van der Waals surface area contributed by atoms with Gasteiger partial charge >= 0.3 is 0 Å². The maximum absolute atomic E-state index is 9.84. The largest absolute Gasteiger partial charge is 0.378 e. The molecule has 0 bridgehead atoms. The van der Waals surface area contributed by atoms with Gasteiger partial charge in [0, 0.05) is 62.4 Å². The molecule has 2 saturated heterocycles. The molecule has 0 aliphatic carbocycles. The van der Waals surface area contributed by atoms with Crippen molar-refractivity contribution in [3.05, 3.63) is 60.3 Å². The van der Waals surface area contributed by atoms with E-state index < -0.39 is 0 Å². The van der Waals surface area contributed by atoms with Gasteiger partial charge in [-0.05, 0) is 49.0 Å². The molecule has 0 unspecified atom stereocenters. The molecule has 3 aromatic rings. The Morgan fingerprint density at radius 3 is 2.43 bits per heavy atom. The highest BCUT2D eigenvalue weighted by Crippen LogP contribution is 2.28. The highest BCUT2D eigenvalue weighted by atomic mass is 16.5. The van der Waals surface area contributed by atoms with E-state index in [1.807, 2.05) is 30.3 Å². The van der Waals surface area contributed by atoms with Gasteiger partial charge in [-0.2, -0.15) is 5.26 Å². The van der Waals surface area contributed by atoms with E-state index in [4.69, 9.17) is 9.72 Å². The summed E-state index contributed by atoms with van der Waals surface area (Å²) in [4.78, 5) is 16.2. The van der Waals surface area contributed by atoms with Crippen molar-refractivity contribution < 1.29 is 4.74 Å². The van der Waals surface area contributed by atoms with Gasteiger partial charge in [0.15, 0.2) is 0 Å². The van der Waals surface area contributed by atoms with E-state index in [2.05, 4.69) is 56.2 Å². The molecule has 3 heterocycles. The first-order chi connectivity index (χ1) is 17.2. The lowest BCUT2D eigenvalue weighted by Crippen LogP contribution is -2.46. The lowest BCUT2D eigenvalue weighted by Gasteiger charge is -2.36. The Morgan fingerprint density at radius 2 is 1.71 bits per heavy atom. The fourth-order valence-electron chi connectivity index (χ4n) is 4.65. The van der Waals surface area contributed by atoms with Gasteiger partial charge in [-0.3, -0.25) is 0 Å². The molecule has 2 fully saturated rings. The standard InChI is InChI=1S/C27H31N7O/c1-2-32-11-13-34(14-12-32)26-8-3-21(19-22(26)20-28)25-9-10-29-27(31-25)30-23-4-6-24(7-5-23)33-15-17-35-18-16-33/h3-10,19H,2,11-18H2,1H3,(H,29,30,31). The number of rotatable bonds is 6. The summed E-state index contributed by atoms with van der Waals surface area (Å²) >= 11 is 0. The van der Waals surface area contributed by atoms with E-state index in [-0.39, 0.29) is 0 Å². The molecule has 1 aromatic heterocycles. The van der Waals surface area contributed by atoms with Crippen LogP contribution in [0.4, 0.5) is 23.0 Å². The summed E-state index contributed by atoms with van der Waals surface area (Å²) in [6, 6.07) is 18.6. The maximum Gasteiger partial charge on any atom is 0.227 e. The van der Waals surface area contributed by atoms with Crippen molar-refractivity contribution in [1.29, 1.82) is 5.26 Å². The van der Waals surface area contributed by atoms with Crippen LogP contribution in [-0.2, 0) is 4.74 Å². The molecule has 2 aliphatic heterocycles. The van der Waals surface area contributed by atoms with Crippen molar-refractivity contribution in [1.82, 2.24) is 14.9 Å². The van der Waals surface area contributed by atoms with Crippen LogP contribution in [0, 0.1) is 11.3 Å². The Kier molecular flexibility index (Phi) is 7.07. The molecular weight excluding hydrogens is 438 g/mol. The van der Waals surface area contributed by atoms with Crippen molar-refractivity contribution in [2.24, 2.45) is 0 Å². The molecule has 0 atom stereocenters. The molecule has 2 aliphatic rings. The number of morpholine rings is 1. The number of nitrogens with zero attached hydrogens (tertiary/aromatic N) is 6. The number of nitriles is 1. The van der Waals surface area contributed by atoms with Crippen LogP contribution in [0.5, 0.6) is 0 Å². The second kappa shape index (κ2) is 10.7. The molecule has 8 nitrogen and oxygen atoms in total. The van der Waals surface area contributed by atoms with Gasteiger partial charge in [-0.25, -0.2) is 9.97 Å². The highest BCUT2D eigenvalue weighted by Gasteiger charge is 2.19. The Morgan fingerprint density at radius 1 is 0.943 bits per heavy atom. The summed E-state index contributed by atoms with van der Waals surface area (Å²) in [5.74, 6) is 0.528. The van der Waals surface area contributed by atoms with Crippen molar-refractivity contribution in [2.45, 2.75) is 6.92 Å². The van der Waals surface area contributed by atoms with Crippen LogP contribution in [0.15, 0.2) is 54.7 Å². The lowest BCUT2D eigenvalue weighted by molar-refractivity contribution is 0.122. The minimum atomic E-state index is 0.528. The first kappa shape index (κ1) is 23.1. The third-order valence-electron chi connectivity index (χ3n) is 6.73. The summed E-state index contributed by atoms with van der Waals surface area (Å²) < 4.78 is 5.44. The van der Waals surface area contributed by atoms with Crippen LogP contribution in [-0.4, -0.2) is 73.9 Å². The van der Waals surface area contributed by atoms with Crippen LogP contribution in [0.3, 0.4) is 0 Å². The van der Waals surface area contributed by atoms with Crippen molar-refractivity contribution in [3.63, 3.8) is 0 Å². The zero-order chi connectivity index (χ0) is 24.0. The zero-order valence-electron chi connectivity index (χ0n) is 20.2. The molecule has 5 rings (SSSR count). The maximum atomic E-state index is 9.84. The molecule has 0 amide bonds. The minimum Gasteiger partial charge on any atom is -0.378 e. The number of nitrogens with one attached hydrogen (secondary N) is 1. The number of likely N-dealkylation sites (N-methyl/N-ethyl adjacent to an activating group) is 1. The van der Waals surface area contributed by atoms with E-state index in [1.54, 1.807) is 6.20 Å². The number of anilines is 4. The number of aromatic nitrogens is 2. The third kappa shape index (κ3) is 5.37. The smallest absolute Gasteiger partial charge is 0.227 e. The predicted octanol–water partition coefficient (Wildman–Crippen LogP) is 3.74. The average Bonchev–Trinajstić information content (AvgIpc) is 2.94. The number of hydrogen-bond donors (Lipinski definition) is 1. The molecule has 0 radical (unpaired) electrons. The molecule has 0 spiro atoms. The highest BCUT2D eigenvalue weighted by molar-refractivity contribution is 5.70. The van der Waals surface area contributed by atoms with E-state index >= 15 is 0 Å². The molecule has 35 heavy (non-hydrogen) atoms. The average molecular weight is 470 g/mol. The second-order valence-electron chi connectivity index (χ2n) is 8.80. The number of ether oxygens (including phenoxy) is 1. The van der Waals surface area contributed by atoms with Crippen LogP contribution >= 0.6 is 0 Å². The molecule has 8 heteroatoms. The topological polar surface area (TPSA) is 80.6 Å². The predicted molar refractivity (Wildman–Crippen MR) is 139 cm³/mol. The number of hydrogen-bond acceptors (Lipinski definition) is 8. The van der Waals surface area contributed by atoms with Gasteiger partial charge in [0.25, 0.3) is 0 Å². The van der Waals surface area contributed by atoms with Gasteiger partial charge in [0.1, 0.15) is 6.07 Å². The quantitative estimate of drug-likeness (QED) is 0.585. The molecule has 0 saturated carbocycles. The van der Waals surface area contributed by atoms with Crippen LogP contribution in [0.1, 0.15) is 12.5 Å². The van der Waals surface area contributed by atoms with Crippen LogP contribution in [0.25, 0.3) is 11.3 Å². The Hall–Kier alpha value is -3.67. The van der Waals surface area contributed by atoms with Gasteiger partial charge in [-0.15, -0.1) is 0 Å². The minimum absolute atomic E-state index is 0.528. The Labute approximate surface area is 206 Å². The molecule has 2 aromatic carbocycles. The molecular formula is C27H31N7O. The summed E-state index contributed by atoms with van der Waals surface area (Å²) in [6.07, 6.45) is 1.75. The lowest BCUT2D eigenvalue weighted by atomic mass is 10.1. The summed E-state index contributed by atoms with van der Waals surface area (Å²) in [5, 5.41) is 13.1. The summed E-state index contributed by atoms with van der Waals surface area (Å²) in [7, 11) is 0. The SMILES string of the molecule is CCN1CCN(c2ccc(-c3ccnc(Nc4ccc(N5CCOCC5)cc4)n3)cc2C#N)CC1. The summed E-state index contributed by atoms with van der Waals surface area (Å²) in [5.41, 5.74) is 5.49. The van der Waals surface area contributed by atoms with Crippen molar-refractivity contribution in [2.75, 3.05) is 74.1 Å². The van der Waals surface area contributed by atoms with E-state index in [9.17, 15) is 5.26 Å². The summed E-state index contributed by atoms with van der Waals surface area (Å²) in [6.45, 7) is 10.6. The zero-order valence-corrected chi connectivity index (χ0v) is 20.2. The van der Waals surface area contributed by atoms with Gasteiger partial charge in [0.05, 0.1) is 30.2 Å².